The Hall–Kier alpha value is -2.37. The molecule has 4 rings (SSSR count). The van der Waals surface area contributed by atoms with Crippen molar-refractivity contribution in [2.75, 3.05) is 5.32 Å². The zero-order valence-corrected chi connectivity index (χ0v) is 22.5. The van der Waals surface area contributed by atoms with Crippen LogP contribution >= 0.6 is 38.6 Å². The molecule has 0 saturated heterocycles. The van der Waals surface area contributed by atoms with E-state index in [9.17, 15) is 13.2 Å². The molecule has 1 amide bonds. The largest absolute Gasteiger partial charge is 0.298 e. The van der Waals surface area contributed by atoms with Crippen molar-refractivity contribution in [2.45, 2.75) is 31.3 Å². The smallest absolute Gasteiger partial charge is 0.257 e. The standard InChI is InChI=1S/C24H22BrN3O3S3/c1-16(2)28(14-17-6-4-3-5-7-17)34(30,31)19-10-8-18(9-11-19)23(29)27-24-26-20(15-32-24)21-12-13-22(25)33-21/h3-13,15-16H,14H2,1-2H3,(H,26,27,29). The van der Waals surface area contributed by atoms with Crippen molar-refractivity contribution in [2.24, 2.45) is 0 Å². The normalized spacial score (nSPS) is 11.8. The van der Waals surface area contributed by atoms with Gasteiger partial charge in [-0.15, -0.1) is 22.7 Å². The molecule has 0 unspecified atom stereocenters. The third-order valence-corrected chi connectivity index (χ3v) is 9.47. The van der Waals surface area contributed by atoms with Crippen LogP contribution in [0, 0.1) is 0 Å². The number of benzene rings is 2. The van der Waals surface area contributed by atoms with Crippen molar-refractivity contribution in [1.29, 1.82) is 0 Å². The lowest BCUT2D eigenvalue weighted by Crippen LogP contribution is -2.36. The lowest BCUT2D eigenvalue weighted by molar-refractivity contribution is 0.102. The predicted octanol–water partition coefficient (Wildman–Crippen LogP) is 6.49. The molecule has 0 aliphatic carbocycles. The van der Waals surface area contributed by atoms with Crippen molar-refractivity contribution in [1.82, 2.24) is 9.29 Å². The number of carbonyl (C=O) groups excluding carboxylic acids is 1. The second-order valence-corrected chi connectivity index (χ2v) is 13.0. The molecule has 10 heteroatoms. The zero-order chi connectivity index (χ0) is 24.3. The van der Waals surface area contributed by atoms with Gasteiger partial charge < -0.3 is 0 Å². The van der Waals surface area contributed by atoms with Crippen LogP contribution in [0.3, 0.4) is 0 Å². The highest BCUT2D eigenvalue weighted by molar-refractivity contribution is 9.11. The maximum absolute atomic E-state index is 13.3. The first-order valence-electron chi connectivity index (χ1n) is 10.4. The van der Waals surface area contributed by atoms with E-state index in [-0.39, 0.29) is 23.4 Å². The molecule has 2 aromatic carbocycles. The van der Waals surface area contributed by atoms with Crippen LogP contribution in [0.4, 0.5) is 5.13 Å². The van der Waals surface area contributed by atoms with Gasteiger partial charge in [0.05, 0.1) is 19.3 Å². The van der Waals surface area contributed by atoms with Crippen LogP contribution in [0.5, 0.6) is 0 Å². The molecule has 0 aliphatic heterocycles. The maximum atomic E-state index is 13.3. The molecule has 0 atom stereocenters. The summed E-state index contributed by atoms with van der Waals surface area (Å²) in [5.74, 6) is -0.345. The molecular formula is C24H22BrN3O3S3. The number of hydrogen-bond donors (Lipinski definition) is 1. The minimum Gasteiger partial charge on any atom is -0.298 e. The van der Waals surface area contributed by atoms with Gasteiger partial charge >= 0.3 is 0 Å². The second kappa shape index (κ2) is 10.5. The van der Waals surface area contributed by atoms with Crippen molar-refractivity contribution in [3.05, 3.63) is 87.0 Å². The quantitative estimate of drug-likeness (QED) is 0.260. The van der Waals surface area contributed by atoms with E-state index in [2.05, 4.69) is 26.2 Å². The SMILES string of the molecule is CC(C)N(Cc1ccccc1)S(=O)(=O)c1ccc(C(=O)Nc2nc(-c3ccc(Br)s3)cs2)cc1. The lowest BCUT2D eigenvalue weighted by Gasteiger charge is -2.26. The van der Waals surface area contributed by atoms with E-state index < -0.39 is 10.0 Å². The highest BCUT2D eigenvalue weighted by Crippen LogP contribution is 2.33. The monoisotopic (exact) mass is 575 g/mol. The predicted molar refractivity (Wildman–Crippen MR) is 142 cm³/mol. The number of sulfonamides is 1. The van der Waals surface area contributed by atoms with Crippen LogP contribution in [0.15, 0.2) is 80.8 Å². The topological polar surface area (TPSA) is 79.4 Å². The fraction of sp³-hybridized carbons (Fsp3) is 0.167. The minimum atomic E-state index is -3.74. The molecule has 0 fully saturated rings. The summed E-state index contributed by atoms with van der Waals surface area (Å²) < 4.78 is 29.1. The highest BCUT2D eigenvalue weighted by Gasteiger charge is 2.27. The third kappa shape index (κ3) is 5.64. The number of carbonyl (C=O) groups is 1. The summed E-state index contributed by atoms with van der Waals surface area (Å²) in [6.45, 7) is 3.97. The summed E-state index contributed by atoms with van der Waals surface area (Å²) in [4.78, 5) is 18.3. The maximum Gasteiger partial charge on any atom is 0.257 e. The van der Waals surface area contributed by atoms with E-state index in [1.54, 1.807) is 11.3 Å². The van der Waals surface area contributed by atoms with Crippen LogP contribution < -0.4 is 5.32 Å². The molecule has 0 bridgehead atoms. The average Bonchev–Trinajstić information content (AvgIpc) is 3.46. The van der Waals surface area contributed by atoms with Crippen molar-refractivity contribution in [3.63, 3.8) is 0 Å². The number of thiazole rings is 1. The molecule has 2 heterocycles. The Labute approximate surface area is 215 Å². The van der Waals surface area contributed by atoms with Gasteiger partial charge in [0.1, 0.15) is 0 Å². The number of aromatic nitrogens is 1. The number of hydrogen-bond acceptors (Lipinski definition) is 6. The summed E-state index contributed by atoms with van der Waals surface area (Å²) in [6.07, 6.45) is 0. The van der Waals surface area contributed by atoms with Crippen molar-refractivity contribution < 1.29 is 13.2 Å². The van der Waals surface area contributed by atoms with Gasteiger partial charge in [0.2, 0.25) is 10.0 Å². The molecule has 0 saturated carbocycles. The number of amides is 1. The molecule has 34 heavy (non-hydrogen) atoms. The molecule has 0 spiro atoms. The fourth-order valence-electron chi connectivity index (χ4n) is 3.29. The highest BCUT2D eigenvalue weighted by atomic mass is 79.9. The zero-order valence-electron chi connectivity index (χ0n) is 18.4. The van der Waals surface area contributed by atoms with Gasteiger partial charge in [0, 0.05) is 23.5 Å². The minimum absolute atomic E-state index is 0.147. The van der Waals surface area contributed by atoms with Gasteiger partial charge in [-0.25, -0.2) is 13.4 Å². The van der Waals surface area contributed by atoms with E-state index in [1.807, 2.05) is 61.7 Å². The first-order valence-corrected chi connectivity index (χ1v) is 14.4. The Morgan fingerprint density at radius 1 is 1.06 bits per heavy atom. The lowest BCUT2D eigenvalue weighted by atomic mass is 10.2. The summed E-state index contributed by atoms with van der Waals surface area (Å²) in [5.41, 5.74) is 2.06. The van der Waals surface area contributed by atoms with E-state index in [1.165, 1.54) is 39.9 Å². The summed E-state index contributed by atoms with van der Waals surface area (Å²) >= 11 is 6.34. The van der Waals surface area contributed by atoms with Gasteiger partial charge in [-0.05, 0) is 71.7 Å². The first kappa shape index (κ1) is 24.7. The molecular weight excluding hydrogens is 554 g/mol. The fourth-order valence-corrected chi connectivity index (χ4v) is 7.04. The van der Waals surface area contributed by atoms with E-state index in [0.29, 0.717) is 10.7 Å². The Bertz CT molecular complexity index is 1380. The van der Waals surface area contributed by atoms with Gasteiger partial charge in [-0.3, -0.25) is 10.1 Å². The number of nitrogens with zero attached hydrogens (tertiary/aromatic N) is 2. The van der Waals surface area contributed by atoms with Gasteiger partial charge in [0.25, 0.3) is 5.91 Å². The van der Waals surface area contributed by atoms with Crippen LogP contribution in [-0.2, 0) is 16.6 Å². The summed E-state index contributed by atoms with van der Waals surface area (Å²) in [7, 11) is -3.74. The molecule has 0 radical (unpaired) electrons. The molecule has 2 aromatic heterocycles. The van der Waals surface area contributed by atoms with Crippen LogP contribution in [0.1, 0.15) is 29.8 Å². The van der Waals surface area contributed by atoms with Gasteiger partial charge in [-0.2, -0.15) is 4.31 Å². The van der Waals surface area contributed by atoms with Gasteiger partial charge in [-0.1, -0.05) is 30.3 Å². The average molecular weight is 577 g/mol. The summed E-state index contributed by atoms with van der Waals surface area (Å²) in [6, 6.07) is 19.2. The number of halogens is 1. The molecule has 4 aromatic rings. The Balaban J connectivity index is 1.48. The van der Waals surface area contributed by atoms with Gasteiger partial charge in [0.15, 0.2) is 5.13 Å². The number of thiophene rings is 1. The molecule has 1 N–H and O–H groups in total. The first-order chi connectivity index (χ1) is 16.2. The number of rotatable bonds is 8. The van der Waals surface area contributed by atoms with Crippen LogP contribution in [0.2, 0.25) is 0 Å². The Morgan fingerprint density at radius 3 is 2.38 bits per heavy atom. The van der Waals surface area contributed by atoms with Crippen LogP contribution in [0.25, 0.3) is 10.6 Å². The Morgan fingerprint density at radius 2 is 1.76 bits per heavy atom. The molecule has 6 nitrogen and oxygen atoms in total. The molecule has 0 aliphatic rings. The van der Waals surface area contributed by atoms with Crippen molar-refractivity contribution >= 4 is 59.7 Å². The van der Waals surface area contributed by atoms with E-state index in [0.717, 1.165) is 19.9 Å². The van der Waals surface area contributed by atoms with E-state index >= 15 is 0 Å². The third-order valence-electron chi connectivity index (χ3n) is 5.03. The second-order valence-electron chi connectivity index (χ2n) is 7.75. The number of nitrogens with one attached hydrogen (secondary N) is 1. The van der Waals surface area contributed by atoms with E-state index in [4.69, 9.17) is 0 Å². The number of anilines is 1. The van der Waals surface area contributed by atoms with Crippen molar-refractivity contribution in [3.8, 4) is 10.6 Å². The molecule has 176 valence electrons. The Kier molecular flexibility index (Phi) is 7.63. The van der Waals surface area contributed by atoms with Crippen LogP contribution in [-0.4, -0.2) is 29.7 Å². The summed E-state index contributed by atoms with van der Waals surface area (Å²) in [5, 5.41) is 5.16.